The lowest BCUT2D eigenvalue weighted by Crippen LogP contribution is -2.28. The molecule has 1 saturated heterocycles. The Bertz CT molecular complexity index is 956. The zero-order valence-electron chi connectivity index (χ0n) is 15.5. The van der Waals surface area contributed by atoms with Crippen molar-refractivity contribution in [1.29, 1.82) is 0 Å². The summed E-state index contributed by atoms with van der Waals surface area (Å²) in [5.74, 6) is -0.541. The van der Waals surface area contributed by atoms with Crippen LogP contribution in [0.1, 0.15) is 39.2 Å². The second kappa shape index (κ2) is 6.81. The van der Waals surface area contributed by atoms with E-state index in [0.29, 0.717) is 11.4 Å². The van der Waals surface area contributed by atoms with Crippen molar-refractivity contribution in [3.63, 3.8) is 0 Å². The predicted octanol–water partition coefficient (Wildman–Crippen LogP) is 3.44. The van der Waals surface area contributed by atoms with Crippen LogP contribution in [0.5, 0.6) is 0 Å². The number of nitrogens with one attached hydrogen (secondary N) is 1. The first-order valence-corrected chi connectivity index (χ1v) is 10.2. The molecule has 27 heavy (non-hydrogen) atoms. The first kappa shape index (κ1) is 19.1. The summed E-state index contributed by atoms with van der Waals surface area (Å²) in [6.45, 7) is 6.26. The van der Waals surface area contributed by atoms with Crippen LogP contribution in [0.4, 0.5) is 11.4 Å². The zero-order chi connectivity index (χ0) is 19.8. The third kappa shape index (κ3) is 4.03. The molecule has 0 saturated carbocycles. The molecule has 1 aliphatic rings. The molecule has 7 heteroatoms. The molecule has 3 rings (SSSR count). The Morgan fingerprint density at radius 1 is 0.852 bits per heavy atom. The molecule has 0 bridgehead atoms. The lowest BCUT2D eigenvalue weighted by Gasteiger charge is -2.19. The van der Waals surface area contributed by atoms with Crippen LogP contribution in [0.15, 0.2) is 53.4 Å². The van der Waals surface area contributed by atoms with E-state index < -0.39 is 10.0 Å². The highest BCUT2D eigenvalue weighted by Gasteiger charge is 2.30. The molecule has 0 aliphatic carbocycles. The Kier molecular flexibility index (Phi) is 4.82. The molecule has 0 radical (unpaired) electrons. The van der Waals surface area contributed by atoms with Gasteiger partial charge in [0, 0.05) is 18.5 Å². The van der Waals surface area contributed by atoms with Crippen molar-refractivity contribution in [3.05, 3.63) is 54.1 Å². The first-order valence-electron chi connectivity index (χ1n) is 8.67. The van der Waals surface area contributed by atoms with E-state index in [-0.39, 0.29) is 35.0 Å². The average Bonchev–Trinajstić information content (AvgIpc) is 2.93. The van der Waals surface area contributed by atoms with Crippen LogP contribution in [-0.2, 0) is 25.0 Å². The van der Waals surface area contributed by atoms with E-state index in [9.17, 15) is 18.0 Å². The van der Waals surface area contributed by atoms with Gasteiger partial charge >= 0.3 is 0 Å². The predicted molar refractivity (Wildman–Crippen MR) is 104 cm³/mol. The molecule has 1 aliphatic heterocycles. The van der Waals surface area contributed by atoms with Gasteiger partial charge in [-0.25, -0.2) is 8.42 Å². The van der Waals surface area contributed by atoms with Gasteiger partial charge in [-0.3, -0.25) is 19.2 Å². The number of imide groups is 1. The number of sulfonamides is 1. The topological polar surface area (TPSA) is 83.6 Å². The fourth-order valence-electron chi connectivity index (χ4n) is 2.89. The van der Waals surface area contributed by atoms with Crippen LogP contribution in [0.3, 0.4) is 0 Å². The Balaban J connectivity index is 1.79. The van der Waals surface area contributed by atoms with Crippen molar-refractivity contribution >= 4 is 33.2 Å². The molecule has 2 aromatic carbocycles. The molecule has 2 aromatic rings. The SMILES string of the molecule is CC(C)(C)c1ccc(NS(=O)(=O)c2ccc(N3C(=O)CCC3=O)cc2)cc1. The average molecular weight is 386 g/mol. The van der Waals surface area contributed by atoms with Crippen molar-refractivity contribution in [3.8, 4) is 0 Å². The number of carbonyl (C=O) groups is 2. The standard InChI is InChI=1S/C20H22N2O4S/c1-20(2,3)14-4-6-15(7-5-14)21-27(25,26)17-10-8-16(9-11-17)22-18(23)12-13-19(22)24/h4-11,21H,12-13H2,1-3H3. The minimum atomic E-state index is -3.77. The summed E-state index contributed by atoms with van der Waals surface area (Å²) >= 11 is 0. The minimum absolute atomic E-state index is 0.0162. The van der Waals surface area contributed by atoms with Crippen molar-refractivity contribution in [2.24, 2.45) is 0 Å². The molecule has 2 amide bonds. The largest absolute Gasteiger partial charge is 0.280 e. The van der Waals surface area contributed by atoms with Gasteiger partial charge in [0.15, 0.2) is 0 Å². The smallest absolute Gasteiger partial charge is 0.261 e. The maximum Gasteiger partial charge on any atom is 0.261 e. The molecule has 1 N–H and O–H groups in total. The number of carbonyl (C=O) groups excluding carboxylic acids is 2. The van der Waals surface area contributed by atoms with Crippen LogP contribution in [-0.4, -0.2) is 20.2 Å². The normalized spacial score (nSPS) is 15.3. The van der Waals surface area contributed by atoms with Gasteiger partial charge in [-0.1, -0.05) is 32.9 Å². The lowest BCUT2D eigenvalue weighted by molar-refractivity contribution is -0.121. The fraction of sp³-hybridized carbons (Fsp3) is 0.300. The molecule has 0 unspecified atom stereocenters. The summed E-state index contributed by atoms with van der Waals surface area (Å²) in [6, 6.07) is 13.0. The Morgan fingerprint density at radius 3 is 1.85 bits per heavy atom. The first-order chi connectivity index (χ1) is 12.6. The number of hydrogen-bond donors (Lipinski definition) is 1. The highest BCUT2D eigenvalue weighted by Crippen LogP contribution is 2.26. The van der Waals surface area contributed by atoms with Crippen LogP contribution in [0.25, 0.3) is 0 Å². The maximum absolute atomic E-state index is 12.6. The van der Waals surface area contributed by atoms with Crippen LogP contribution < -0.4 is 9.62 Å². The molecular formula is C20H22N2O4S. The third-order valence-electron chi connectivity index (χ3n) is 4.46. The quantitative estimate of drug-likeness (QED) is 0.816. The van der Waals surface area contributed by atoms with Crippen LogP contribution in [0, 0.1) is 0 Å². The van der Waals surface area contributed by atoms with E-state index in [4.69, 9.17) is 0 Å². The molecule has 1 heterocycles. The Morgan fingerprint density at radius 2 is 1.37 bits per heavy atom. The van der Waals surface area contributed by atoms with Gasteiger partial charge < -0.3 is 0 Å². The van der Waals surface area contributed by atoms with E-state index in [1.54, 1.807) is 12.1 Å². The van der Waals surface area contributed by atoms with Gasteiger partial charge in [0.2, 0.25) is 11.8 Å². The Hall–Kier alpha value is -2.67. The van der Waals surface area contributed by atoms with Gasteiger partial charge in [0.1, 0.15) is 0 Å². The second-order valence-electron chi connectivity index (χ2n) is 7.55. The summed E-state index contributed by atoms with van der Waals surface area (Å²) in [6.07, 6.45) is 0.371. The van der Waals surface area contributed by atoms with Gasteiger partial charge in [-0.2, -0.15) is 0 Å². The molecule has 142 valence electrons. The maximum atomic E-state index is 12.6. The van der Waals surface area contributed by atoms with Crippen molar-refractivity contribution in [1.82, 2.24) is 0 Å². The number of nitrogens with zero attached hydrogens (tertiary/aromatic N) is 1. The number of hydrogen-bond acceptors (Lipinski definition) is 4. The number of anilines is 2. The van der Waals surface area contributed by atoms with Gasteiger partial charge in [0.05, 0.1) is 10.6 Å². The van der Waals surface area contributed by atoms with Crippen molar-refractivity contribution in [2.45, 2.75) is 43.9 Å². The molecule has 0 aromatic heterocycles. The summed E-state index contributed by atoms with van der Waals surface area (Å²) in [5, 5.41) is 0. The van der Waals surface area contributed by atoms with Crippen molar-refractivity contribution in [2.75, 3.05) is 9.62 Å². The summed E-state index contributed by atoms with van der Waals surface area (Å²) in [7, 11) is -3.77. The molecule has 6 nitrogen and oxygen atoms in total. The Labute approximate surface area is 159 Å². The van der Waals surface area contributed by atoms with E-state index in [1.165, 1.54) is 24.3 Å². The number of amides is 2. The summed E-state index contributed by atoms with van der Waals surface area (Å²) in [4.78, 5) is 24.7. The van der Waals surface area contributed by atoms with Gasteiger partial charge in [0.25, 0.3) is 10.0 Å². The number of benzene rings is 2. The summed E-state index contributed by atoms with van der Waals surface area (Å²) < 4.78 is 27.7. The highest BCUT2D eigenvalue weighted by atomic mass is 32.2. The molecular weight excluding hydrogens is 364 g/mol. The minimum Gasteiger partial charge on any atom is -0.280 e. The highest BCUT2D eigenvalue weighted by molar-refractivity contribution is 7.92. The second-order valence-corrected chi connectivity index (χ2v) is 9.23. The zero-order valence-corrected chi connectivity index (χ0v) is 16.3. The van der Waals surface area contributed by atoms with Gasteiger partial charge in [-0.05, 0) is 47.4 Å². The van der Waals surface area contributed by atoms with Gasteiger partial charge in [-0.15, -0.1) is 0 Å². The monoisotopic (exact) mass is 386 g/mol. The van der Waals surface area contributed by atoms with E-state index in [1.807, 2.05) is 12.1 Å². The van der Waals surface area contributed by atoms with Crippen molar-refractivity contribution < 1.29 is 18.0 Å². The van der Waals surface area contributed by atoms with E-state index >= 15 is 0 Å². The van der Waals surface area contributed by atoms with Crippen LogP contribution >= 0.6 is 0 Å². The van der Waals surface area contributed by atoms with Crippen LogP contribution in [0.2, 0.25) is 0 Å². The molecule has 0 atom stereocenters. The lowest BCUT2D eigenvalue weighted by atomic mass is 9.87. The fourth-order valence-corrected chi connectivity index (χ4v) is 3.95. The van der Waals surface area contributed by atoms with E-state index in [2.05, 4.69) is 25.5 Å². The third-order valence-corrected chi connectivity index (χ3v) is 5.86. The van der Waals surface area contributed by atoms with E-state index in [0.717, 1.165) is 10.5 Å². The molecule has 0 spiro atoms. The number of rotatable bonds is 4. The molecule has 1 fully saturated rings. The summed E-state index contributed by atoms with van der Waals surface area (Å²) in [5.41, 5.74) is 1.94.